The number of alkyl halides is 3. The van der Waals surface area contributed by atoms with Crippen molar-refractivity contribution in [1.82, 2.24) is 0 Å². The third-order valence-corrected chi connectivity index (χ3v) is 1.02. The molecule has 0 aromatic rings. The average Bonchev–Trinajstić information content (AvgIpc) is 1.87. The molecule has 0 saturated heterocycles. The Balaban J connectivity index is 3.58. The van der Waals surface area contributed by atoms with Gasteiger partial charge in [0.1, 0.15) is 6.17 Å². The number of hydrogen-bond acceptors (Lipinski definition) is 2. The molecule has 0 aromatic carbocycles. The van der Waals surface area contributed by atoms with E-state index in [4.69, 9.17) is 10.2 Å². The number of rotatable bonds is 4. The lowest BCUT2D eigenvalue weighted by atomic mass is 10.2. The first-order chi connectivity index (χ1) is 4.59. The molecule has 0 amide bonds. The quantitative estimate of drug-likeness (QED) is 0.579. The molecule has 62 valence electrons. The second-order valence-corrected chi connectivity index (χ2v) is 1.85. The Labute approximate surface area is 56.3 Å². The van der Waals surface area contributed by atoms with E-state index in [1.165, 1.54) is 0 Å². The lowest BCUT2D eigenvalue weighted by Gasteiger charge is -2.12. The molecule has 0 aliphatic heterocycles. The van der Waals surface area contributed by atoms with E-state index in [2.05, 4.69) is 0 Å². The third kappa shape index (κ3) is 3.03. The van der Waals surface area contributed by atoms with Crippen LogP contribution >= 0.6 is 0 Å². The Hall–Kier alpha value is -0.290. The van der Waals surface area contributed by atoms with E-state index in [0.717, 1.165) is 0 Å². The van der Waals surface area contributed by atoms with Gasteiger partial charge in [0, 0.05) is 6.42 Å². The smallest absolute Gasteiger partial charge is 0.186 e. The summed E-state index contributed by atoms with van der Waals surface area (Å²) < 4.78 is 35.5. The summed E-state index contributed by atoms with van der Waals surface area (Å²) in [5.74, 6) is 0. The van der Waals surface area contributed by atoms with Crippen LogP contribution in [0.4, 0.5) is 13.2 Å². The molecule has 5 heteroatoms. The molecule has 0 radical (unpaired) electrons. The van der Waals surface area contributed by atoms with Crippen LogP contribution in [0.2, 0.25) is 0 Å². The molecule has 0 aliphatic carbocycles. The summed E-state index contributed by atoms with van der Waals surface area (Å²) in [5, 5.41) is 16.1. The van der Waals surface area contributed by atoms with Crippen LogP contribution in [-0.4, -0.2) is 35.5 Å². The minimum atomic E-state index is -2.41. The van der Waals surface area contributed by atoms with Crippen LogP contribution in [0.15, 0.2) is 0 Å². The van der Waals surface area contributed by atoms with E-state index in [9.17, 15) is 13.2 Å². The molecule has 2 N–H and O–H groups in total. The first-order valence-corrected chi connectivity index (χ1v) is 2.80. The molecule has 0 rings (SSSR count). The molecule has 0 aliphatic rings. The molecule has 2 nitrogen and oxygen atoms in total. The minimum Gasteiger partial charge on any atom is -0.366 e. The predicted octanol–water partition coefficient (Wildman–Crippen LogP) is 0.333. The lowest BCUT2D eigenvalue weighted by molar-refractivity contribution is -0.115. The van der Waals surface area contributed by atoms with Crippen LogP contribution in [0, 0.1) is 0 Å². The van der Waals surface area contributed by atoms with Gasteiger partial charge < -0.3 is 10.2 Å². The summed E-state index contributed by atoms with van der Waals surface area (Å²) in [4.78, 5) is 0. The summed E-state index contributed by atoms with van der Waals surface area (Å²) >= 11 is 0. The SMILES string of the molecule is OC(O)C(F)C(F)CCF. The van der Waals surface area contributed by atoms with Crippen molar-refractivity contribution < 1.29 is 23.4 Å². The van der Waals surface area contributed by atoms with Gasteiger partial charge in [0.25, 0.3) is 0 Å². The van der Waals surface area contributed by atoms with Crippen molar-refractivity contribution in [1.29, 1.82) is 0 Å². The van der Waals surface area contributed by atoms with E-state index in [0.29, 0.717) is 0 Å². The largest absolute Gasteiger partial charge is 0.366 e. The summed E-state index contributed by atoms with van der Waals surface area (Å²) in [6.07, 6.45) is -7.54. The van der Waals surface area contributed by atoms with E-state index >= 15 is 0 Å². The minimum absolute atomic E-state index is 0.640. The molecular weight excluding hydrogens is 149 g/mol. The molecular formula is C5H9F3O2. The number of hydrogen-bond donors (Lipinski definition) is 2. The van der Waals surface area contributed by atoms with Gasteiger partial charge in [-0.05, 0) is 0 Å². The van der Waals surface area contributed by atoms with Crippen molar-refractivity contribution in [3.8, 4) is 0 Å². The highest BCUT2D eigenvalue weighted by Gasteiger charge is 2.26. The van der Waals surface area contributed by atoms with Crippen molar-refractivity contribution >= 4 is 0 Å². The van der Waals surface area contributed by atoms with Gasteiger partial charge in [-0.3, -0.25) is 4.39 Å². The summed E-state index contributed by atoms with van der Waals surface area (Å²) in [5.41, 5.74) is 0. The zero-order valence-electron chi connectivity index (χ0n) is 5.17. The molecule has 0 saturated carbocycles. The molecule has 0 bridgehead atoms. The average molecular weight is 158 g/mol. The standard InChI is InChI=1S/C5H9F3O2/c6-2-1-3(7)4(8)5(9)10/h3-5,9-10H,1-2H2. The maximum absolute atomic E-state index is 12.1. The van der Waals surface area contributed by atoms with Crippen LogP contribution in [0.1, 0.15) is 6.42 Å². The van der Waals surface area contributed by atoms with E-state index in [1.807, 2.05) is 0 Å². The van der Waals surface area contributed by atoms with Crippen LogP contribution in [0.25, 0.3) is 0 Å². The van der Waals surface area contributed by atoms with Crippen LogP contribution in [0.3, 0.4) is 0 Å². The van der Waals surface area contributed by atoms with Crippen LogP contribution in [-0.2, 0) is 0 Å². The Morgan fingerprint density at radius 2 is 1.70 bits per heavy atom. The molecule has 0 fully saturated rings. The first kappa shape index (κ1) is 9.71. The monoisotopic (exact) mass is 158 g/mol. The van der Waals surface area contributed by atoms with Gasteiger partial charge in [-0.1, -0.05) is 0 Å². The highest BCUT2D eigenvalue weighted by Crippen LogP contribution is 2.10. The van der Waals surface area contributed by atoms with Crippen LogP contribution < -0.4 is 0 Å². The van der Waals surface area contributed by atoms with Crippen molar-refractivity contribution in [2.24, 2.45) is 0 Å². The number of aliphatic hydroxyl groups is 2. The van der Waals surface area contributed by atoms with Gasteiger partial charge >= 0.3 is 0 Å². The Kier molecular flexibility index (Phi) is 4.38. The third-order valence-electron chi connectivity index (χ3n) is 1.02. The molecule has 2 unspecified atom stereocenters. The van der Waals surface area contributed by atoms with Gasteiger partial charge in [0.2, 0.25) is 0 Å². The predicted molar refractivity (Wildman–Crippen MR) is 28.6 cm³/mol. The van der Waals surface area contributed by atoms with Crippen molar-refractivity contribution in [2.45, 2.75) is 25.1 Å². The normalized spacial score (nSPS) is 17.4. The highest BCUT2D eigenvalue weighted by atomic mass is 19.2. The fraction of sp³-hybridized carbons (Fsp3) is 1.00. The molecule has 0 aromatic heterocycles. The summed E-state index contributed by atoms with van der Waals surface area (Å²) in [6.45, 7) is -1.01. The van der Waals surface area contributed by atoms with Gasteiger partial charge in [-0.25, -0.2) is 8.78 Å². The van der Waals surface area contributed by atoms with Crippen molar-refractivity contribution in [3.63, 3.8) is 0 Å². The van der Waals surface area contributed by atoms with E-state index in [1.54, 1.807) is 0 Å². The van der Waals surface area contributed by atoms with Gasteiger partial charge in [-0.2, -0.15) is 0 Å². The maximum Gasteiger partial charge on any atom is 0.186 e. The number of halogens is 3. The molecule has 0 heterocycles. The fourth-order valence-electron chi connectivity index (χ4n) is 0.450. The number of aliphatic hydroxyl groups excluding tert-OH is 1. The maximum atomic E-state index is 12.1. The lowest BCUT2D eigenvalue weighted by Crippen LogP contribution is -2.30. The molecule has 0 spiro atoms. The topological polar surface area (TPSA) is 40.5 Å². The zero-order chi connectivity index (χ0) is 8.15. The summed E-state index contributed by atoms with van der Waals surface area (Å²) in [6, 6.07) is 0. The van der Waals surface area contributed by atoms with E-state index in [-0.39, 0.29) is 0 Å². The fourth-order valence-corrected chi connectivity index (χ4v) is 0.450. The summed E-state index contributed by atoms with van der Waals surface area (Å²) in [7, 11) is 0. The first-order valence-electron chi connectivity index (χ1n) is 2.80. The molecule has 10 heavy (non-hydrogen) atoms. The van der Waals surface area contributed by atoms with Crippen LogP contribution in [0.5, 0.6) is 0 Å². The van der Waals surface area contributed by atoms with Crippen molar-refractivity contribution in [2.75, 3.05) is 6.67 Å². The second-order valence-electron chi connectivity index (χ2n) is 1.85. The zero-order valence-corrected chi connectivity index (χ0v) is 5.17. The second kappa shape index (κ2) is 4.51. The molecule has 2 atom stereocenters. The van der Waals surface area contributed by atoms with Gasteiger partial charge in [0.15, 0.2) is 12.5 Å². The highest BCUT2D eigenvalue weighted by molar-refractivity contribution is 4.68. The van der Waals surface area contributed by atoms with E-state index < -0.39 is 31.7 Å². The van der Waals surface area contributed by atoms with Crippen molar-refractivity contribution in [3.05, 3.63) is 0 Å². The van der Waals surface area contributed by atoms with Gasteiger partial charge in [0.05, 0.1) is 6.67 Å². The Bertz CT molecular complexity index is 89.0. The Morgan fingerprint density at radius 1 is 1.20 bits per heavy atom. The Morgan fingerprint density at radius 3 is 2.00 bits per heavy atom. The van der Waals surface area contributed by atoms with Gasteiger partial charge in [-0.15, -0.1) is 0 Å².